The number of thioether (sulfide) groups is 1. The Bertz CT molecular complexity index is 788. The normalized spacial score (nSPS) is 10.8. The summed E-state index contributed by atoms with van der Waals surface area (Å²) in [5.41, 5.74) is 0.882. The molecule has 0 saturated carbocycles. The summed E-state index contributed by atoms with van der Waals surface area (Å²) in [5, 5.41) is 3.76. The zero-order valence-electron chi connectivity index (χ0n) is 12.0. The van der Waals surface area contributed by atoms with E-state index in [1.807, 2.05) is 41.8 Å². The summed E-state index contributed by atoms with van der Waals surface area (Å²) in [6.07, 6.45) is 0. The highest BCUT2D eigenvalue weighted by Gasteiger charge is 2.12. The summed E-state index contributed by atoms with van der Waals surface area (Å²) >= 11 is 2.99. The van der Waals surface area contributed by atoms with Crippen molar-refractivity contribution in [2.75, 3.05) is 12.4 Å². The van der Waals surface area contributed by atoms with Gasteiger partial charge in [-0.1, -0.05) is 36.0 Å². The predicted molar refractivity (Wildman–Crippen MR) is 90.2 cm³/mol. The molecule has 0 aliphatic rings. The van der Waals surface area contributed by atoms with Crippen LogP contribution in [-0.2, 0) is 9.53 Å². The van der Waals surface area contributed by atoms with Gasteiger partial charge in [0.1, 0.15) is 5.03 Å². The van der Waals surface area contributed by atoms with Crippen LogP contribution < -0.4 is 0 Å². The predicted octanol–water partition coefficient (Wildman–Crippen LogP) is 4.01. The van der Waals surface area contributed by atoms with Crippen molar-refractivity contribution in [3.05, 3.63) is 41.8 Å². The summed E-state index contributed by atoms with van der Waals surface area (Å²) in [6.45, 7) is 2.20. The Balaban J connectivity index is 1.97. The highest BCUT2D eigenvalue weighted by molar-refractivity contribution is 8.00. The molecule has 6 heteroatoms. The van der Waals surface area contributed by atoms with Crippen LogP contribution in [0.5, 0.6) is 0 Å². The van der Waals surface area contributed by atoms with E-state index >= 15 is 0 Å². The first kappa shape index (κ1) is 15.0. The second-order valence-electron chi connectivity index (χ2n) is 4.44. The van der Waals surface area contributed by atoms with Gasteiger partial charge in [-0.15, -0.1) is 11.3 Å². The van der Waals surface area contributed by atoms with Gasteiger partial charge >= 0.3 is 5.97 Å². The Labute approximate surface area is 136 Å². The number of thiophene rings is 1. The summed E-state index contributed by atoms with van der Waals surface area (Å²) in [6, 6.07) is 11.8. The molecule has 0 saturated heterocycles. The Morgan fingerprint density at radius 1 is 1.23 bits per heavy atom. The number of para-hydroxylation sites is 1. The van der Waals surface area contributed by atoms with Gasteiger partial charge in [0.15, 0.2) is 5.82 Å². The van der Waals surface area contributed by atoms with Gasteiger partial charge in [0, 0.05) is 5.39 Å². The molecular weight excluding hydrogens is 316 g/mol. The third-order valence-corrected chi connectivity index (χ3v) is 4.77. The minimum Gasteiger partial charge on any atom is -0.465 e. The first-order chi connectivity index (χ1) is 10.8. The Hall–Kier alpha value is -1.92. The number of hydrogen-bond donors (Lipinski definition) is 0. The lowest BCUT2D eigenvalue weighted by atomic mass is 10.2. The molecule has 0 spiro atoms. The number of ether oxygens (including phenoxy) is 1. The van der Waals surface area contributed by atoms with Crippen LogP contribution in [0.25, 0.3) is 21.6 Å². The standard InChI is InChI=1S/C16H14N2O2S2/c1-2-20-14(19)10-22-16-11-6-3-4-7-12(11)17-15(18-16)13-8-5-9-21-13/h3-9H,2,10H2,1H3. The molecule has 0 radical (unpaired) electrons. The summed E-state index contributed by atoms with van der Waals surface area (Å²) in [4.78, 5) is 21.8. The maximum Gasteiger partial charge on any atom is 0.316 e. The van der Waals surface area contributed by atoms with E-state index < -0.39 is 0 Å². The van der Waals surface area contributed by atoms with E-state index in [2.05, 4.69) is 9.97 Å². The number of hydrogen-bond acceptors (Lipinski definition) is 6. The lowest BCUT2D eigenvalue weighted by molar-refractivity contribution is -0.139. The zero-order chi connectivity index (χ0) is 15.4. The highest BCUT2D eigenvalue weighted by Crippen LogP contribution is 2.29. The van der Waals surface area contributed by atoms with Gasteiger partial charge in [0.05, 0.1) is 22.8 Å². The largest absolute Gasteiger partial charge is 0.465 e. The SMILES string of the molecule is CCOC(=O)CSc1nc(-c2cccs2)nc2ccccc12. The molecular formula is C16H14N2O2S2. The minimum absolute atomic E-state index is 0.229. The number of aromatic nitrogens is 2. The molecule has 0 N–H and O–H groups in total. The van der Waals surface area contributed by atoms with Crippen LogP contribution in [0.1, 0.15) is 6.92 Å². The van der Waals surface area contributed by atoms with Crippen LogP contribution in [0, 0.1) is 0 Å². The van der Waals surface area contributed by atoms with Gasteiger partial charge in [-0.25, -0.2) is 9.97 Å². The molecule has 0 aliphatic carbocycles. The molecule has 2 aromatic heterocycles. The number of carbonyl (C=O) groups is 1. The average molecular weight is 330 g/mol. The molecule has 3 aromatic rings. The smallest absolute Gasteiger partial charge is 0.316 e. The van der Waals surface area contributed by atoms with Gasteiger partial charge in [-0.3, -0.25) is 4.79 Å². The van der Waals surface area contributed by atoms with Crippen molar-refractivity contribution in [1.82, 2.24) is 9.97 Å². The summed E-state index contributed by atoms with van der Waals surface area (Å²) < 4.78 is 4.98. The van der Waals surface area contributed by atoms with Crippen LogP contribution in [-0.4, -0.2) is 28.3 Å². The van der Waals surface area contributed by atoms with E-state index in [4.69, 9.17) is 4.74 Å². The van der Waals surface area contributed by atoms with Crippen LogP contribution in [0.3, 0.4) is 0 Å². The molecule has 4 nitrogen and oxygen atoms in total. The molecule has 22 heavy (non-hydrogen) atoms. The lowest BCUT2D eigenvalue weighted by Gasteiger charge is -2.07. The molecule has 112 valence electrons. The number of esters is 1. The van der Waals surface area contributed by atoms with Crippen molar-refractivity contribution in [2.45, 2.75) is 11.9 Å². The van der Waals surface area contributed by atoms with E-state index in [1.54, 1.807) is 18.3 Å². The first-order valence-electron chi connectivity index (χ1n) is 6.87. The molecule has 0 atom stereocenters. The van der Waals surface area contributed by atoms with Gasteiger partial charge in [0.2, 0.25) is 0 Å². The Kier molecular flexibility index (Phi) is 4.70. The molecule has 0 fully saturated rings. The van der Waals surface area contributed by atoms with Crippen molar-refractivity contribution in [2.24, 2.45) is 0 Å². The number of rotatable bonds is 5. The molecule has 0 amide bonds. The maximum absolute atomic E-state index is 11.6. The molecule has 0 unspecified atom stereocenters. The molecule has 3 rings (SSSR count). The van der Waals surface area contributed by atoms with Gasteiger partial charge in [0.25, 0.3) is 0 Å². The average Bonchev–Trinajstić information content (AvgIpc) is 3.07. The number of benzene rings is 1. The number of fused-ring (bicyclic) bond motifs is 1. The molecule has 0 bridgehead atoms. The number of nitrogens with zero attached hydrogens (tertiary/aromatic N) is 2. The van der Waals surface area contributed by atoms with Crippen LogP contribution in [0.2, 0.25) is 0 Å². The van der Waals surface area contributed by atoms with Gasteiger partial charge in [-0.05, 0) is 24.4 Å². The van der Waals surface area contributed by atoms with Crippen molar-refractivity contribution in [1.29, 1.82) is 0 Å². The monoisotopic (exact) mass is 330 g/mol. The molecule has 2 heterocycles. The molecule has 0 aliphatic heterocycles. The van der Waals surface area contributed by atoms with Crippen LogP contribution in [0.4, 0.5) is 0 Å². The zero-order valence-corrected chi connectivity index (χ0v) is 13.6. The summed E-state index contributed by atoms with van der Waals surface area (Å²) in [5.74, 6) is 0.714. The molecule has 1 aromatic carbocycles. The third-order valence-electron chi connectivity index (χ3n) is 2.94. The first-order valence-corrected chi connectivity index (χ1v) is 8.73. The fourth-order valence-electron chi connectivity index (χ4n) is 2.00. The van der Waals surface area contributed by atoms with Crippen LogP contribution in [0.15, 0.2) is 46.8 Å². The fraction of sp³-hybridized carbons (Fsp3) is 0.188. The van der Waals surface area contributed by atoms with E-state index in [-0.39, 0.29) is 11.7 Å². The lowest BCUT2D eigenvalue weighted by Crippen LogP contribution is -2.07. The van der Waals surface area contributed by atoms with Gasteiger partial charge in [-0.2, -0.15) is 0 Å². The van der Waals surface area contributed by atoms with E-state index in [1.165, 1.54) is 11.8 Å². The number of carbonyl (C=O) groups excluding carboxylic acids is 1. The van der Waals surface area contributed by atoms with Crippen LogP contribution >= 0.6 is 23.1 Å². The van der Waals surface area contributed by atoms with E-state index in [0.717, 1.165) is 20.8 Å². The van der Waals surface area contributed by atoms with E-state index in [0.29, 0.717) is 12.4 Å². The summed E-state index contributed by atoms with van der Waals surface area (Å²) in [7, 11) is 0. The Morgan fingerprint density at radius 3 is 2.86 bits per heavy atom. The van der Waals surface area contributed by atoms with Gasteiger partial charge < -0.3 is 4.74 Å². The topological polar surface area (TPSA) is 52.1 Å². The highest BCUT2D eigenvalue weighted by atomic mass is 32.2. The Morgan fingerprint density at radius 2 is 2.09 bits per heavy atom. The van der Waals surface area contributed by atoms with Crippen molar-refractivity contribution in [3.63, 3.8) is 0 Å². The second kappa shape index (κ2) is 6.89. The third kappa shape index (κ3) is 3.28. The van der Waals surface area contributed by atoms with Crippen molar-refractivity contribution < 1.29 is 9.53 Å². The minimum atomic E-state index is -0.229. The second-order valence-corrected chi connectivity index (χ2v) is 6.35. The fourth-order valence-corrected chi connectivity index (χ4v) is 3.48. The van der Waals surface area contributed by atoms with E-state index in [9.17, 15) is 4.79 Å². The van der Waals surface area contributed by atoms with Crippen molar-refractivity contribution in [3.8, 4) is 10.7 Å². The quantitative estimate of drug-likeness (QED) is 0.402. The maximum atomic E-state index is 11.6. The van der Waals surface area contributed by atoms with Crippen molar-refractivity contribution >= 4 is 40.0 Å².